The van der Waals surface area contributed by atoms with Gasteiger partial charge in [-0.3, -0.25) is 9.36 Å². The number of aromatic nitrogens is 2. The summed E-state index contributed by atoms with van der Waals surface area (Å²) in [4.78, 5) is 23.5. The van der Waals surface area contributed by atoms with Crippen molar-refractivity contribution in [3.05, 3.63) is 66.9 Å². The van der Waals surface area contributed by atoms with Gasteiger partial charge in [-0.05, 0) is 17.7 Å². The van der Waals surface area contributed by atoms with Crippen LogP contribution in [0.2, 0.25) is 0 Å². The second-order valence-corrected chi connectivity index (χ2v) is 5.56. The molecule has 0 saturated heterocycles. The summed E-state index contributed by atoms with van der Waals surface area (Å²) in [6.07, 6.45) is 1.58. The molecule has 2 rings (SSSR count). The van der Waals surface area contributed by atoms with Gasteiger partial charge in [0.25, 0.3) is 5.56 Å². The lowest BCUT2D eigenvalue weighted by Gasteiger charge is -2.08. The SMILES string of the molecule is Cn1cc(CNCc2ccc(Br)cc2)c(=O)n(C)c1=O. The Balaban J connectivity index is 2.07. The summed E-state index contributed by atoms with van der Waals surface area (Å²) in [5, 5.41) is 3.21. The molecule has 0 aliphatic heterocycles. The van der Waals surface area contributed by atoms with Crippen molar-refractivity contribution in [3.8, 4) is 0 Å². The smallest absolute Gasteiger partial charge is 0.308 e. The molecular weight excluding hydrogens is 322 g/mol. The van der Waals surface area contributed by atoms with E-state index in [0.717, 1.165) is 14.6 Å². The van der Waals surface area contributed by atoms with E-state index in [0.29, 0.717) is 18.7 Å². The highest BCUT2D eigenvalue weighted by molar-refractivity contribution is 9.10. The standard InChI is InChI=1S/C14H16BrN3O2/c1-17-9-11(13(19)18(2)14(17)20)8-16-7-10-3-5-12(15)6-4-10/h3-6,9,16H,7-8H2,1-2H3. The molecule has 0 bridgehead atoms. The van der Waals surface area contributed by atoms with E-state index in [2.05, 4.69) is 21.2 Å². The first-order chi connectivity index (χ1) is 9.49. The van der Waals surface area contributed by atoms with Crippen LogP contribution in [0.1, 0.15) is 11.1 Å². The van der Waals surface area contributed by atoms with Gasteiger partial charge in [-0.1, -0.05) is 28.1 Å². The number of rotatable bonds is 4. The molecule has 1 N–H and O–H groups in total. The Morgan fingerprint density at radius 3 is 2.40 bits per heavy atom. The van der Waals surface area contributed by atoms with Crippen LogP contribution in [0, 0.1) is 0 Å². The van der Waals surface area contributed by atoms with E-state index in [-0.39, 0.29) is 11.2 Å². The zero-order valence-corrected chi connectivity index (χ0v) is 13.0. The first-order valence-corrected chi connectivity index (χ1v) is 6.99. The molecule has 0 amide bonds. The zero-order chi connectivity index (χ0) is 14.7. The molecule has 1 heterocycles. The van der Waals surface area contributed by atoms with Crippen molar-refractivity contribution in [3.63, 3.8) is 0 Å². The van der Waals surface area contributed by atoms with E-state index in [1.54, 1.807) is 13.2 Å². The van der Waals surface area contributed by atoms with Gasteiger partial charge in [0.2, 0.25) is 0 Å². The number of nitrogens with zero attached hydrogens (tertiary/aromatic N) is 2. The van der Waals surface area contributed by atoms with Crippen LogP contribution in [0.4, 0.5) is 0 Å². The first kappa shape index (κ1) is 14.7. The summed E-state index contributed by atoms with van der Waals surface area (Å²) < 4.78 is 3.57. The minimum absolute atomic E-state index is 0.253. The molecule has 0 aliphatic carbocycles. The Morgan fingerprint density at radius 2 is 1.75 bits per heavy atom. The average molecular weight is 338 g/mol. The summed E-state index contributed by atoms with van der Waals surface area (Å²) in [7, 11) is 3.13. The van der Waals surface area contributed by atoms with E-state index < -0.39 is 0 Å². The second-order valence-electron chi connectivity index (χ2n) is 4.64. The van der Waals surface area contributed by atoms with E-state index in [4.69, 9.17) is 0 Å². The molecule has 1 aromatic heterocycles. The minimum Gasteiger partial charge on any atom is -0.308 e. The predicted octanol–water partition coefficient (Wildman–Crippen LogP) is 1.14. The molecule has 0 aliphatic rings. The molecule has 0 spiro atoms. The van der Waals surface area contributed by atoms with E-state index in [9.17, 15) is 9.59 Å². The van der Waals surface area contributed by atoms with E-state index in [1.165, 1.54) is 11.6 Å². The van der Waals surface area contributed by atoms with Gasteiger partial charge in [-0.25, -0.2) is 4.79 Å². The molecular formula is C14H16BrN3O2. The lowest BCUT2D eigenvalue weighted by Crippen LogP contribution is -2.39. The molecule has 1 aromatic carbocycles. The van der Waals surface area contributed by atoms with Crippen molar-refractivity contribution in [1.29, 1.82) is 0 Å². The highest BCUT2D eigenvalue weighted by atomic mass is 79.9. The van der Waals surface area contributed by atoms with E-state index >= 15 is 0 Å². The van der Waals surface area contributed by atoms with Crippen LogP contribution in [-0.4, -0.2) is 9.13 Å². The fourth-order valence-corrected chi connectivity index (χ4v) is 2.21. The Kier molecular flexibility index (Phi) is 4.57. The predicted molar refractivity (Wildman–Crippen MR) is 81.6 cm³/mol. The van der Waals surface area contributed by atoms with Crippen LogP contribution in [-0.2, 0) is 27.2 Å². The molecule has 5 nitrogen and oxygen atoms in total. The highest BCUT2D eigenvalue weighted by Crippen LogP contribution is 2.10. The Hall–Kier alpha value is -1.66. The number of aryl methyl sites for hydroxylation is 1. The molecule has 6 heteroatoms. The topological polar surface area (TPSA) is 56.0 Å². The lowest BCUT2D eigenvalue weighted by molar-refractivity contribution is 0.630. The minimum atomic E-state index is -0.313. The Labute approximate surface area is 125 Å². The highest BCUT2D eigenvalue weighted by Gasteiger charge is 2.06. The van der Waals surface area contributed by atoms with Gasteiger partial charge in [0.15, 0.2) is 0 Å². The number of benzene rings is 1. The van der Waals surface area contributed by atoms with Crippen LogP contribution >= 0.6 is 15.9 Å². The molecule has 0 radical (unpaired) electrons. The van der Waals surface area contributed by atoms with Crippen LogP contribution in [0.5, 0.6) is 0 Å². The van der Waals surface area contributed by atoms with Gasteiger partial charge in [-0.15, -0.1) is 0 Å². The number of hydrogen-bond acceptors (Lipinski definition) is 3. The fourth-order valence-electron chi connectivity index (χ4n) is 1.95. The van der Waals surface area contributed by atoms with Gasteiger partial charge in [-0.2, -0.15) is 0 Å². The first-order valence-electron chi connectivity index (χ1n) is 6.19. The largest absolute Gasteiger partial charge is 0.330 e. The van der Waals surface area contributed by atoms with Crippen molar-refractivity contribution in [2.45, 2.75) is 13.1 Å². The maximum Gasteiger partial charge on any atom is 0.330 e. The van der Waals surface area contributed by atoms with Crippen molar-refractivity contribution in [1.82, 2.24) is 14.5 Å². The van der Waals surface area contributed by atoms with Gasteiger partial charge < -0.3 is 9.88 Å². The van der Waals surface area contributed by atoms with Crippen LogP contribution in [0.15, 0.2) is 44.5 Å². The fraction of sp³-hybridized carbons (Fsp3) is 0.286. The van der Waals surface area contributed by atoms with Crippen molar-refractivity contribution < 1.29 is 0 Å². The number of halogens is 1. The summed E-state index contributed by atoms with van der Waals surface area (Å²) >= 11 is 3.39. The molecule has 0 saturated carbocycles. The summed E-state index contributed by atoms with van der Waals surface area (Å²) in [5.74, 6) is 0. The number of nitrogens with one attached hydrogen (secondary N) is 1. The maximum absolute atomic E-state index is 11.9. The third kappa shape index (κ3) is 3.26. The van der Waals surface area contributed by atoms with Gasteiger partial charge >= 0.3 is 5.69 Å². The van der Waals surface area contributed by atoms with Gasteiger partial charge in [0.05, 0.1) is 0 Å². The van der Waals surface area contributed by atoms with Crippen molar-refractivity contribution in [2.24, 2.45) is 14.1 Å². The molecule has 0 unspecified atom stereocenters. The maximum atomic E-state index is 11.9. The zero-order valence-electron chi connectivity index (χ0n) is 11.4. The van der Waals surface area contributed by atoms with E-state index in [1.807, 2.05) is 24.3 Å². The molecule has 0 fully saturated rings. The third-order valence-electron chi connectivity index (χ3n) is 3.08. The molecule has 2 aromatic rings. The molecule has 0 atom stereocenters. The molecule has 20 heavy (non-hydrogen) atoms. The number of hydrogen-bond donors (Lipinski definition) is 1. The Morgan fingerprint density at radius 1 is 1.10 bits per heavy atom. The molecule has 106 valence electrons. The quantitative estimate of drug-likeness (QED) is 0.910. The van der Waals surface area contributed by atoms with Crippen LogP contribution < -0.4 is 16.6 Å². The second kappa shape index (κ2) is 6.19. The van der Waals surface area contributed by atoms with Crippen molar-refractivity contribution >= 4 is 15.9 Å². The average Bonchev–Trinajstić information content (AvgIpc) is 2.44. The Bertz CT molecular complexity index is 717. The van der Waals surface area contributed by atoms with Crippen molar-refractivity contribution in [2.75, 3.05) is 0 Å². The lowest BCUT2D eigenvalue weighted by atomic mass is 10.2. The van der Waals surface area contributed by atoms with Crippen LogP contribution in [0.3, 0.4) is 0 Å². The summed E-state index contributed by atoms with van der Waals surface area (Å²) in [5.41, 5.74) is 1.14. The monoisotopic (exact) mass is 337 g/mol. The van der Waals surface area contributed by atoms with Gasteiger partial charge in [0.1, 0.15) is 0 Å². The van der Waals surface area contributed by atoms with Crippen LogP contribution in [0.25, 0.3) is 0 Å². The third-order valence-corrected chi connectivity index (χ3v) is 3.60. The normalized spacial score (nSPS) is 10.8. The summed E-state index contributed by atoms with van der Waals surface area (Å²) in [6, 6.07) is 7.97. The van der Waals surface area contributed by atoms with Gasteiger partial charge in [0, 0.05) is 43.4 Å². The summed E-state index contributed by atoms with van der Waals surface area (Å²) in [6.45, 7) is 1.09.